The van der Waals surface area contributed by atoms with Crippen LogP contribution in [0.3, 0.4) is 0 Å². The number of benzene rings is 1. The van der Waals surface area contributed by atoms with Crippen LogP contribution in [0.2, 0.25) is 0 Å². The third-order valence-corrected chi connectivity index (χ3v) is 3.53. The Kier molecular flexibility index (Phi) is 3.79. The number of fused-ring (bicyclic) bond motifs is 1. The number of nitrogens with one attached hydrogen (secondary N) is 1. The molecule has 1 atom stereocenters. The van der Waals surface area contributed by atoms with Gasteiger partial charge in [0.2, 0.25) is 0 Å². The van der Waals surface area contributed by atoms with E-state index in [1.165, 1.54) is 16.5 Å². The van der Waals surface area contributed by atoms with E-state index in [2.05, 4.69) is 41.5 Å². The summed E-state index contributed by atoms with van der Waals surface area (Å²) >= 11 is 0. The molecule has 3 heteroatoms. The molecule has 0 fully saturated rings. The molecule has 0 saturated carbocycles. The second-order valence-electron chi connectivity index (χ2n) is 4.86. The molecule has 1 unspecified atom stereocenters. The normalized spacial score (nSPS) is 12.7. The first kappa shape index (κ1) is 12.9. The van der Waals surface area contributed by atoms with Crippen LogP contribution in [0.25, 0.3) is 11.0 Å². The monoisotopic (exact) mass is 266 g/mol. The van der Waals surface area contributed by atoms with Gasteiger partial charge in [0.1, 0.15) is 5.58 Å². The SMILES string of the molecule is CCNC(Cc1ccncc1)c1coc2ccccc12. The van der Waals surface area contributed by atoms with E-state index < -0.39 is 0 Å². The average Bonchev–Trinajstić information content (AvgIpc) is 2.92. The molecule has 1 aromatic carbocycles. The molecule has 0 aliphatic rings. The summed E-state index contributed by atoms with van der Waals surface area (Å²) in [5.41, 5.74) is 3.44. The summed E-state index contributed by atoms with van der Waals surface area (Å²) in [5, 5.41) is 4.73. The lowest BCUT2D eigenvalue weighted by Crippen LogP contribution is -2.22. The molecule has 0 amide bonds. The topological polar surface area (TPSA) is 38.1 Å². The number of hydrogen-bond donors (Lipinski definition) is 1. The molecule has 3 aromatic rings. The molecule has 0 radical (unpaired) electrons. The lowest BCUT2D eigenvalue weighted by molar-refractivity contribution is 0.535. The Labute approximate surface area is 118 Å². The van der Waals surface area contributed by atoms with Crippen molar-refractivity contribution < 1.29 is 4.42 Å². The highest BCUT2D eigenvalue weighted by Crippen LogP contribution is 2.28. The van der Waals surface area contributed by atoms with Crippen molar-refractivity contribution in [3.8, 4) is 0 Å². The molecule has 0 aliphatic heterocycles. The molecule has 20 heavy (non-hydrogen) atoms. The van der Waals surface area contributed by atoms with Crippen LogP contribution in [-0.4, -0.2) is 11.5 Å². The van der Waals surface area contributed by atoms with Crippen molar-refractivity contribution >= 4 is 11.0 Å². The minimum atomic E-state index is 0.256. The minimum absolute atomic E-state index is 0.256. The average molecular weight is 266 g/mol. The third-order valence-electron chi connectivity index (χ3n) is 3.53. The van der Waals surface area contributed by atoms with Crippen LogP contribution < -0.4 is 5.32 Å². The quantitative estimate of drug-likeness (QED) is 0.764. The molecule has 2 aromatic heterocycles. The van der Waals surface area contributed by atoms with Gasteiger partial charge in [-0.05, 0) is 36.7 Å². The third kappa shape index (κ3) is 2.58. The fraction of sp³-hybridized carbons (Fsp3) is 0.235. The summed E-state index contributed by atoms with van der Waals surface area (Å²) in [5.74, 6) is 0. The van der Waals surface area contributed by atoms with E-state index in [0.717, 1.165) is 18.5 Å². The molecule has 3 nitrogen and oxygen atoms in total. The Bertz CT molecular complexity index is 676. The standard InChI is InChI=1S/C17H18N2O/c1-2-19-16(11-13-7-9-18-10-8-13)15-12-20-17-6-4-3-5-14(15)17/h3-10,12,16,19H,2,11H2,1H3. The van der Waals surface area contributed by atoms with Crippen LogP contribution in [0.1, 0.15) is 24.1 Å². The molecule has 0 bridgehead atoms. The van der Waals surface area contributed by atoms with Gasteiger partial charge in [0.25, 0.3) is 0 Å². The second kappa shape index (κ2) is 5.88. The highest BCUT2D eigenvalue weighted by Gasteiger charge is 2.16. The van der Waals surface area contributed by atoms with Crippen LogP contribution in [0, 0.1) is 0 Å². The Morgan fingerprint density at radius 3 is 2.75 bits per heavy atom. The first-order valence-corrected chi connectivity index (χ1v) is 6.97. The van der Waals surface area contributed by atoms with Crippen LogP contribution in [0.15, 0.2) is 59.5 Å². The lowest BCUT2D eigenvalue weighted by Gasteiger charge is -2.17. The van der Waals surface area contributed by atoms with Crippen molar-refractivity contribution in [2.24, 2.45) is 0 Å². The van der Waals surface area contributed by atoms with Crippen molar-refractivity contribution in [1.29, 1.82) is 0 Å². The van der Waals surface area contributed by atoms with Crippen molar-refractivity contribution in [3.63, 3.8) is 0 Å². The lowest BCUT2D eigenvalue weighted by atomic mass is 9.99. The van der Waals surface area contributed by atoms with Gasteiger partial charge in [0.15, 0.2) is 0 Å². The first-order valence-electron chi connectivity index (χ1n) is 6.97. The van der Waals surface area contributed by atoms with Gasteiger partial charge in [-0.2, -0.15) is 0 Å². The van der Waals surface area contributed by atoms with Gasteiger partial charge in [0, 0.05) is 29.4 Å². The van der Waals surface area contributed by atoms with Crippen LogP contribution in [0.5, 0.6) is 0 Å². The van der Waals surface area contributed by atoms with Crippen LogP contribution >= 0.6 is 0 Å². The number of aromatic nitrogens is 1. The molecule has 0 aliphatic carbocycles. The number of rotatable bonds is 5. The maximum absolute atomic E-state index is 5.66. The summed E-state index contributed by atoms with van der Waals surface area (Å²) in [7, 11) is 0. The van der Waals surface area contributed by atoms with E-state index in [0.29, 0.717) is 0 Å². The molecule has 2 heterocycles. The minimum Gasteiger partial charge on any atom is -0.464 e. The van der Waals surface area contributed by atoms with Crippen molar-refractivity contribution in [2.45, 2.75) is 19.4 Å². The highest BCUT2D eigenvalue weighted by molar-refractivity contribution is 5.81. The molecule has 1 N–H and O–H groups in total. The van der Waals surface area contributed by atoms with Gasteiger partial charge in [-0.15, -0.1) is 0 Å². The van der Waals surface area contributed by atoms with Gasteiger partial charge < -0.3 is 9.73 Å². The van der Waals surface area contributed by atoms with Crippen molar-refractivity contribution in [1.82, 2.24) is 10.3 Å². The predicted octanol–water partition coefficient (Wildman–Crippen LogP) is 3.72. The largest absolute Gasteiger partial charge is 0.464 e. The fourth-order valence-electron chi connectivity index (χ4n) is 2.56. The van der Waals surface area contributed by atoms with E-state index in [9.17, 15) is 0 Å². The number of pyridine rings is 1. The summed E-state index contributed by atoms with van der Waals surface area (Å²) in [6.45, 7) is 3.05. The smallest absolute Gasteiger partial charge is 0.134 e. The van der Waals surface area contributed by atoms with Crippen molar-refractivity contribution in [2.75, 3.05) is 6.54 Å². The van der Waals surface area contributed by atoms with Gasteiger partial charge in [-0.1, -0.05) is 25.1 Å². The Balaban J connectivity index is 1.94. The van der Waals surface area contributed by atoms with Crippen molar-refractivity contribution in [3.05, 3.63) is 66.2 Å². The Morgan fingerprint density at radius 1 is 1.15 bits per heavy atom. The van der Waals surface area contributed by atoms with Gasteiger partial charge in [-0.3, -0.25) is 4.98 Å². The maximum Gasteiger partial charge on any atom is 0.134 e. The zero-order valence-electron chi connectivity index (χ0n) is 11.5. The highest BCUT2D eigenvalue weighted by atomic mass is 16.3. The van der Waals surface area contributed by atoms with Gasteiger partial charge in [-0.25, -0.2) is 0 Å². The Morgan fingerprint density at radius 2 is 1.95 bits per heavy atom. The molecular weight excluding hydrogens is 248 g/mol. The number of hydrogen-bond acceptors (Lipinski definition) is 3. The number of para-hydroxylation sites is 1. The van der Waals surface area contributed by atoms with Gasteiger partial charge >= 0.3 is 0 Å². The van der Waals surface area contributed by atoms with E-state index in [1.54, 1.807) is 0 Å². The first-order chi connectivity index (χ1) is 9.88. The predicted molar refractivity (Wildman–Crippen MR) is 80.6 cm³/mol. The fourth-order valence-corrected chi connectivity index (χ4v) is 2.56. The molecule has 3 rings (SSSR count). The number of furan rings is 1. The maximum atomic E-state index is 5.66. The van der Waals surface area contributed by atoms with E-state index in [4.69, 9.17) is 4.42 Å². The summed E-state index contributed by atoms with van der Waals surface area (Å²) < 4.78 is 5.66. The van der Waals surface area contributed by atoms with Crippen LogP contribution in [-0.2, 0) is 6.42 Å². The molecular formula is C17H18N2O. The van der Waals surface area contributed by atoms with Crippen LogP contribution in [0.4, 0.5) is 0 Å². The molecule has 0 spiro atoms. The zero-order chi connectivity index (χ0) is 13.8. The van der Waals surface area contributed by atoms with E-state index in [-0.39, 0.29) is 6.04 Å². The summed E-state index contributed by atoms with van der Waals surface area (Å²) in [4.78, 5) is 4.07. The number of nitrogens with zero attached hydrogens (tertiary/aromatic N) is 1. The number of likely N-dealkylation sites (N-methyl/N-ethyl adjacent to an activating group) is 1. The second-order valence-corrected chi connectivity index (χ2v) is 4.86. The Hall–Kier alpha value is -2.13. The zero-order valence-corrected chi connectivity index (χ0v) is 11.5. The molecule has 102 valence electrons. The summed E-state index contributed by atoms with van der Waals surface area (Å²) in [6, 6.07) is 12.6. The summed E-state index contributed by atoms with van der Waals surface area (Å²) in [6.07, 6.45) is 6.48. The van der Waals surface area contributed by atoms with E-state index in [1.807, 2.05) is 30.8 Å². The molecule has 0 saturated heterocycles. The van der Waals surface area contributed by atoms with E-state index >= 15 is 0 Å². The van der Waals surface area contributed by atoms with Gasteiger partial charge in [0.05, 0.1) is 6.26 Å².